The van der Waals surface area contributed by atoms with Crippen LogP contribution in [0.2, 0.25) is 0 Å². The molecule has 2 aliphatic heterocycles. The van der Waals surface area contributed by atoms with Crippen LogP contribution >= 0.6 is 0 Å². The number of urea groups is 1. The fraction of sp³-hybridized carbons (Fsp3) is 0.375. The van der Waals surface area contributed by atoms with Gasteiger partial charge >= 0.3 is 6.03 Å². The molecule has 110 valence electrons. The minimum absolute atomic E-state index is 0.0209. The van der Waals surface area contributed by atoms with E-state index in [0.29, 0.717) is 18.7 Å². The van der Waals surface area contributed by atoms with E-state index in [0.717, 1.165) is 23.2 Å². The van der Waals surface area contributed by atoms with Gasteiger partial charge < -0.3 is 15.5 Å². The van der Waals surface area contributed by atoms with Crippen LogP contribution in [0.4, 0.5) is 4.79 Å². The van der Waals surface area contributed by atoms with Crippen molar-refractivity contribution in [3.63, 3.8) is 0 Å². The van der Waals surface area contributed by atoms with E-state index in [1.165, 1.54) is 0 Å². The lowest BCUT2D eigenvalue weighted by Gasteiger charge is -2.26. The molecule has 3 amide bonds. The minimum atomic E-state index is -0.357. The summed E-state index contributed by atoms with van der Waals surface area (Å²) < 4.78 is 0. The first-order valence-electron chi connectivity index (χ1n) is 7.27. The summed E-state index contributed by atoms with van der Waals surface area (Å²) in [5, 5.41) is 5.67. The summed E-state index contributed by atoms with van der Waals surface area (Å²) in [6, 6.07) is 7.24. The van der Waals surface area contributed by atoms with E-state index < -0.39 is 0 Å². The highest BCUT2D eigenvalue weighted by Crippen LogP contribution is 2.33. The molecule has 1 aromatic rings. The van der Waals surface area contributed by atoms with Gasteiger partial charge in [-0.2, -0.15) is 0 Å². The van der Waals surface area contributed by atoms with Gasteiger partial charge in [0.05, 0.1) is 23.9 Å². The van der Waals surface area contributed by atoms with Crippen molar-refractivity contribution >= 4 is 11.9 Å². The number of amides is 3. The minimum Gasteiger partial charge on any atom is -0.333 e. The third-order valence-corrected chi connectivity index (χ3v) is 4.01. The molecule has 0 unspecified atom stereocenters. The Hall–Kier alpha value is -2.30. The van der Waals surface area contributed by atoms with Crippen LogP contribution in [-0.4, -0.2) is 29.9 Å². The summed E-state index contributed by atoms with van der Waals surface area (Å²) in [5.41, 5.74) is 3.47. The molecule has 2 heterocycles. The Morgan fingerprint density at radius 1 is 1.29 bits per heavy atom. The van der Waals surface area contributed by atoms with Crippen molar-refractivity contribution in [2.45, 2.75) is 26.3 Å². The Kier molecular flexibility index (Phi) is 3.41. The molecule has 1 aromatic carbocycles. The Labute approximate surface area is 124 Å². The van der Waals surface area contributed by atoms with Gasteiger partial charge in [0.2, 0.25) is 0 Å². The topological polar surface area (TPSA) is 61.4 Å². The van der Waals surface area contributed by atoms with Crippen molar-refractivity contribution in [3.8, 4) is 0 Å². The molecule has 0 radical (unpaired) electrons. The first-order chi connectivity index (χ1) is 10.1. The van der Waals surface area contributed by atoms with Gasteiger partial charge in [0.1, 0.15) is 0 Å². The first-order valence-corrected chi connectivity index (χ1v) is 7.27. The van der Waals surface area contributed by atoms with Crippen LogP contribution in [0.5, 0.6) is 0 Å². The van der Waals surface area contributed by atoms with Crippen molar-refractivity contribution in [1.29, 1.82) is 0 Å². The van der Waals surface area contributed by atoms with Crippen molar-refractivity contribution in [2.75, 3.05) is 13.1 Å². The first kappa shape index (κ1) is 13.7. The van der Waals surface area contributed by atoms with E-state index in [1.807, 2.05) is 38.1 Å². The average molecular weight is 285 g/mol. The normalized spacial score (nSPS) is 21.2. The van der Waals surface area contributed by atoms with Gasteiger partial charge in [0.15, 0.2) is 0 Å². The fourth-order valence-corrected chi connectivity index (χ4v) is 3.02. The van der Waals surface area contributed by atoms with Crippen LogP contribution in [-0.2, 0) is 4.79 Å². The van der Waals surface area contributed by atoms with Crippen LogP contribution in [0, 0.1) is 6.92 Å². The Morgan fingerprint density at radius 3 is 2.76 bits per heavy atom. The molecule has 0 aliphatic carbocycles. The largest absolute Gasteiger partial charge is 0.333 e. The molecule has 0 saturated heterocycles. The average Bonchev–Trinajstić information content (AvgIpc) is 2.75. The molecule has 1 atom stereocenters. The number of nitrogens with one attached hydrogen (secondary N) is 2. The number of rotatable bonds is 3. The molecular weight excluding hydrogens is 266 g/mol. The van der Waals surface area contributed by atoms with E-state index in [-0.39, 0.29) is 18.0 Å². The van der Waals surface area contributed by atoms with Crippen molar-refractivity contribution in [3.05, 3.63) is 46.7 Å². The molecule has 0 bridgehead atoms. The predicted molar refractivity (Wildman–Crippen MR) is 79.5 cm³/mol. The number of aryl methyl sites for hydroxylation is 1. The van der Waals surface area contributed by atoms with Gasteiger partial charge in [0.25, 0.3) is 5.91 Å². The summed E-state index contributed by atoms with van der Waals surface area (Å²) in [5.74, 6) is 0.0209. The zero-order valence-corrected chi connectivity index (χ0v) is 12.3. The molecule has 2 aliphatic rings. The lowest BCUT2D eigenvalue weighted by molar-refractivity contribution is -0.125. The molecule has 5 heteroatoms. The van der Waals surface area contributed by atoms with Crippen LogP contribution in [0.15, 0.2) is 35.5 Å². The quantitative estimate of drug-likeness (QED) is 0.890. The third kappa shape index (κ3) is 2.28. The molecule has 0 spiro atoms. The monoisotopic (exact) mass is 285 g/mol. The summed E-state index contributed by atoms with van der Waals surface area (Å²) >= 11 is 0. The maximum atomic E-state index is 12.6. The Balaban J connectivity index is 2.01. The SMILES string of the molecule is CCCN1CC2=C(C1=O)[C@@H](c1ccccc1C)NC(=O)N2. The van der Waals surface area contributed by atoms with E-state index in [9.17, 15) is 9.59 Å². The standard InChI is InChI=1S/C16H19N3O2/c1-3-8-19-9-12-13(15(19)20)14(18-16(21)17-12)11-7-5-4-6-10(11)2/h4-7,14H,3,8-9H2,1-2H3,(H2,17,18,21)/t14-/m1/s1. The van der Waals surface area contributed by atoms with Gasteiger partial charge in [-0.1, -0.05) is 31.2 Å². The maximum absolute atomic E-state index is 12.6. The highest BCUT2D eigenvalue weighted by atomic mass is 16.2. The summed E-state index contributed by atoms with van der Waals surface area (Å²) in [4.78, 5) is 26.3. The highest BCUT2D eigenvalue weighted by molar-refractivity contribution is 6.01. The predicted octanol–water partition coefficient (Wildman–Crippen LogP) is 1.86. The van der Waals surface area contributed by atoms with E-state index in [2.05, 4.69) is 10.6 Å². The zero-order valence-electron chi connectivity index (χ0n) is 12.3. The van der Waals surface area contributed by atoms with Crippen LogP contribution in [0.3, 0.4) is 0 Å². The number of hydrogen-bond acceptors (Lipinski definition) is 2. The van der Waals surface area contributed by atoms with Gasteiger partial charge in [-0.15, -0.1) is 0 Å². The summed E-state index contributed by atoms with van der Waals surface area (Å²) in [6.45, 7) is 5.24. The lowest BCUT2D eigenvalue weighted by Crippen LogP contribution is -2.44. The van der Waals surface area contributed by atoms with Gasteiger partial charge in [-0.3, -0.25) is 4.79 Å². The van der Waals surface area contributed by atoms with E-state index in [1.54, 1.807) is 4.90 Å². The fourth-order valence-electron chi connectivity index (χ4n) is 3.02. The van der Waals surface area contributed by atoms with Crippen LogP contribution < -0.4 is 10.6 Å². The lowest BCUT2D eigenvalue weighted by atomic mass is 9.93. The van der Waals surface area contributed by atoms with Crippen molar-refractivity contribution in [2.24, 2.45) is 0 Å². The van der Waals surface area contributed by atoms with Crippen LogP contribution in [0.25, 0.3) is 0 Å². The number of nitrogens with zero attached hydrogens (tertiary/aromatic N) is 1. The summed E-state index contributed by atoms with van der Waals surface area (Å²) in [7, 11) is 0. The second kappa shape index (κ2) is 5.24. The summed E-state index contributed by atoms with van der Waals surface area (Å²) in [6.07, 6.45) is 0.905. The molecule has 2 N–H and O–H groups in total. The van der Waals surface area contributed by atoms with E-state index >= 15 is 0 Å². The number of carbonyl (C=O) groups excluding carboxylic acids is 2. The van der Waals surface area contributed by atoms with Gasteiger partial charge in [0, 0.05) is 6.54 Å². The van der Waals surface area contributed by atoms with Gasteiger partial charge in [-0.05, 0) is 24.5 Å². The third-order valence-electron chi connectivity index (χ3n) is 4.01. The molecule has 0 fully saturated rings. The highest BCUT2D eigenvalue weighted by Gasteiger charge is 2.40. The second-order valence-corrected chi connectivity index (χ2v) is 5.51. The Bertz CT molecular complexity index is 636. The number of carbonyl (C=O) groups is 2. The second-order valence-electron chi connectivity index (χ2n) is 5.51. The maximum Gasteiger partial charge on any atom is 0.319 e. The number of benzene rings is 1. The zero-order chi connectivity index (χ0) is 15.0. The van der Waals surface area contributed by atoms with Crippen LogP contribution in [0.1, 0.15) is 30.5 Å². The molecule has 3 rings (SSSR count). The van der Waals surface area contributed by atoms with Gasteiger partial charge in [-0.25, -0.2) is 4.79 Å². The smallest absolute Gasteiger partial charge is 0.319 e. The molecule has 5 nitrogen and oxygen atoms in total. The van der Waals surface area contributed by atoms with Crippen molar-refractivity contribution < 1.29 is 9.59 Å². The van der Waals surface area contributed by atoms with E-state index in [4.69, 9.17) is 0 Å². The molecule has 0 aromatic heterocycles. The Morgan fingerprint density at radius 2 is 2.05 bits per heavy atom. The van der Waals surface area contributed by atoms with Crippen molar-refractivity contribution in [1.82, 2.24) is 15.5 Å². The molecule has 21 heavy (non-hydrogen) atoms. The molecule has 0 saturated carbocycles. The number of hydrogen-bond donors (Lipinski definition) is 2. The molecular formula is C16H19N3O2.